The molecule has 25 heavy (non-hydrogen) atoms. The molecule has 0 aliphatic carbocycles. The van der Waals surface area contributed by atoms with Crippen LogP contribution >= 0.6 is 0 Å². The topological polar surface area (TPSA) is 59.3 Å². The molecule has 0 saturated carbocycles. The van der Waals surface area contributed by atoms with Crippen molar-refractivity contribution in [3.05, 3.63) is 65.2 Å². The molecule has 1 aromatic carbocycles. The Morgan fingerprint density at radius 1 is 1.24 bits per heavy atom. The maximum atomic E-state index is 13.2. The maximum Gasteiger partial charge on any atom is 0.416 e. The van der Waals surface area contributed by atoms with Gasteiger partial charge in [-0.05, 0) is 31.5 Å². The number of nitrogens with zero attached hydrogens (tertiary/aromatic N) is 3. The van der Waals surface area contributed by atoms with Crippen molar-refractivity contribution in [3.8, 4) is 0 Å². The molecular formula is C17H15F3N4O. The summed E-state index contributed by atoms with van der Waals surface area (Å²) in [5, 5.41) is 2.62. The third-order valence-corrected chi connectivity index (χ3v) is 3.87. The van der Waals surface area contributed by atoms with Gasteiger partial charge in [0.1, 0.15) is 5.69 Å². The lowest BCUT2D eigenvalue weighted by atomic mass is 10.0. The van der Waals surface area contributed by atoms with Crippen molar-refractivity contribution in [2.75, 3.05) is 0 Å². The molecule has 0 bridgehead atoms. The first-order valence-corrected chi connectivity index (χ1v) is 7.55. The average Bonchev–Trinajstić information content (AvgIpc) is 2.89. The zero-order valence-electron chi connectivity index (χ0n) is 13.5. The van der Waals surface area contributed by atoms with E-state index < -0.39 is 23.7 Å². The first-order chi connectivity index (χ1) is 11.8. The van der Waals surface area contributed by atoms with Crippen molar-refractivity contribution >= 4 is 11.7 Å². The Balaban J connectivity index is 1.92. The number of alkyl halides is 3. The molecule has 0 fully saturated rings. The van der Waals surface area contributed by atoms with Gasteiger partial charge in [-0.2, -0.15) is 13.2 Å². The molecule has 0 saturated heterocycles. The number of amides is 1. The standard InChI is InChI=1S/C17H15F3N4O/c1-10(12-6-3-4-7-13(12)17(18,19)20)22-15(25)14-11(2)23-16-21-8-5-9-24(14)16/h3-10H,1-2H3,(H,22,25). The molecule has 1 atom stereocenters. The van der Waals surface area contributed by atoms with Crippen molar-refractivity contribution in [1.82, 2.24) is 19.7 Å². The number of imidazole rings is 1. The summed E-state index contributed by atoms with van der Waals surface area (Å²) in [7, 11) is 0. The number of fused-ring (bicyclic) bond motifs is 1. The minimum Gasteiger partial charge on any atom is -0.344 e. The van der Waals surface area contributed by atoms with Crippen LogP contribution in [-0.2, 0) is 6.18 Å². The monoisotopic (exact) mass is 348 g/mol. The van der Waals surface area contributed by atoms with Gasteiger partial charge in [0.25, 0.3) is 5.91 Å². The smallest absolute Gasteiger partial charge is 0.344 e. The lowest BCUT2D eigenvalue weighted by Crippen LogP contribution is -2.29. The summed E-state index contributed by atoms with van der Waals surface area (Å²) in [6.07, 6.45) is -1.31. The van der Waals surface area contributed by atoms with Crippen LogP contribution in [0.1, 0.15) is 40.3 Å². The number of nitrogens with one attached hydrogen (secondary N) is 1. The van der Waals surface area contributed by atoms with Crippen LogP contribution in [0.25, 0.3) is 5.78 Å². The van der Waals surface area contributed by atoms with Gasteiger partial charge in [-0.1, -0.05) is 18.2 Å². The van der Waals surface area contributed by atoms with Gasteiger partial charge in [-0.15, -0.1) is 0 Å². The van der Waals surface area contributed by atoms with E-state index in [1.165, 1.54) is 29.5 Å². The van der Waals surface area contributed by atoms with Crippen LogP contribution in [0.4, 0.5) is 13.2 Å². The molecule has 8 heteroatoms. The van der Waals surface area contributed by atoms with E-state index in [1.807, 2.05) is 0 Å². The summed E-state index contributed by atoms with van der Waals surface area (Å²) in [5.41, 5.74) is -0.0563. The first kappa shape index (κ1) is 16.9. The van der Waals surface area contributed by atoms with Gasteiger partial charge < -0.3 is 5.32 Å². The second kappa shape index (κ2) is 6.19. The van der Waals surface area contributed by atoms with Crippen molar-refractivity contribution in [2.45, 2.75) is 26.1 Å². The van der Waals surface area contributed by atoms with Crippen LogP contribution in [0.3, 0.4) is 0 Å². The minimum absolute atomic E-state index is 0.00736. The van der Waals surface area contributed by atoms with Crippen molar-refractivity contribution in [2.24, 2.45) is 0 Å². The maximum absolute atomic E-state index is 13.2. The molecule has 0 radical (unpaired) electrons. The summed E-state index contributed by atoms with van der Waals surface area (Å²) >= 11 is 0. The number of carbonyl (C=O) groups excluding carboxylic acids is 1. The molecule has 3 aromatic rings. The fraction of sp³-hybridized carbons (Fsp3) is 0.235. The van der Waals surface area contributed by atoms with Crippen LogP contribution < -0.4 is 5.32 Å². The third kappa shape index (κ3) is 3.19. The van der Waals surface area contributed by atoms with Crippen LogP contribution in [-0.4, -0.2) is 20.3 Å². The van der Waals surface area contributed by atoms with Crippen LogP contribution in [0.15, 0.2) is 42.7 Å². The van der Waals surface area contributed by atoms with E-state index in [4.69, 9.17) is 0 Å². The predicted molar refractivity (Wildman–Crippen MR) is 85.0 cm³/mol. The van der Waals surface area contributed by atoms with Gasteiger partial charge in [0.15, 0.2) is 0 Å². The van der Waals surface area contributed by atoms with E-state index >= 15 is 0 Å². The molecule has 1 N–H and O–H groups in total. The van der Waals surface area contributed by atoms with Crippen LogP contribution in [0.2, 0.25) is 0 Å². The molecule has 3 rings (SSSR count). The minimum atomic E-state index is -4.49. The molecule has 0 aliphatic rings. The van der Waals surface area contributed by atoms with Gasteiger partial charge in [-0.3, -0.25) is 9.20 Å². The van der Waals surface area contributed by atoms with E-state index in [0.717, 1.165) is 6.07 Å². The number of hydrogen-bond acceptors (Lipinski definition) is 3. The van der Waals surface area contributed by atoms with Crippen LogP contribution in [0, 0.1) is 6.92 Å². The van der Waals surface area contributed by atoms with Crippen molar-refractivity contribution < 1.29 is 18.0 Å². The van der Waals surface area contributed by atoms with E-state index in [-0.39, 0.29) is 11.3 Å². The second-order valence-corrected chi connectivity index (χ2v) is 5.62. The SMILES string of the molecule is Cc1nc2ncccn2c1C(=O)NC(C)c1ccccc1C(F)(F)F. The summed E-state index contributed by atoms with van der Waals surface area (Å²) in [6, 6.07) is 6.01. The fourth-order valence-electron chi connectivity index (χ4n) is 2.75. The third-order valence-electron chi connectivity index (χ3n) is 3.87. The number of aromatic nitrogens is 3. The Kier molecular flexibility index (Phi) is 4.20. The highest BCUT2D eigenvalue weighted by Gasteiger charge is 2.34. The van der Waals surface area contributed by atoms with Crippen molar-refractivity contribution in [1.29, 1.82) is 0 Å². The molecule has 2 aromatic heterocycles. The Hall–Kier alpha value is -2.90. The lowest BCUT2D eigenvalue weighted by molar-refractivity contribution is -0.138. The molecule has 130 valence electrons. The Morgan fingerprint density at radius 2 is 1.96 bits per heavy atom. The molecule has 1 amide bonds. The largest absolute Gasteiger partial charge is 0.416 e. The Morgan fingerprint density at radius 3 is 2.68 bits per heavy atom. The van der Waals surface area contributed by atoms with Gasteiger partial charge in [-0.25, -0.2) is 9.97 Å². The number of rotatable bonds is 3. The average molecular weight is 348 g/mol. The number of benzene rings is 1. The zero-order valence-corrected chi connectivity index (χ0v) is 13.5. The van der Waals surface area contributed by atoms with Crippen LogP contribution in [0.5, 0.6) is 0 Å². The van der Waals surface area contributed by atoms with E-state index in [2.05, 4.69) is 15.3 Å². The first-order valence-electron chi connectivity index (χ1n) is 7.55. The summed E-state index contributed by atoms with van der Waals surface area (Å²) in [6.45, 7) is 3.16. The number of hydrogen-bond donors (Lipinski definition) is 1. The van der Waals surface area contributed by atoms with Gasteiger partial charge in [0, 0.05) is 12.4 Å². The molecule has 0 aliphatic heterocycles. The van der Waals surface area contributed by atoms with Crippen molar-refractivity contribution in [3.63, 3.8) is 0 Å². The predicted octanol–water partition coefficient (Wildman–Crippen LogP) is 3.55. The number of halogens is 3. The van der Waals surface area contributed by atoms with E-state index in [0.29, 0.717) is 11.5 Å². The molecule has 5 nitrogen and oxygen atoms in total. The van der Waals surface area contributed by atoms with Gasteiger partial charge >= 0.3 is 6.18 Å². The number of carbonyl (C=O) groups is 1. The quantitative estimate of drug-likeness (QED) is 0.787. The highest BCUT2D eigenvalue weighted by atomic mass is 19.4. The zero-order chi connectivity index (χ0) is 18.2. The molecule has 1 unspecified atom stereocenters. The highest BCUT2D eigenvalue weighted by molar-refractivity contribution is 5.94. The second-order valence-electron chi connectivity index (χ2n) is 5.62. The highest BCUT2D eigenvalue weighted by Crippen LogP contribution is 2.34. The van der Waals surface area contributed by atoms with Gasteiger partial charge in [0.05, 0.1) is 17.3 Å². The Labute approximate surface area is 141 Å². The fourth-order valence-corrected chi connectivity index (χ4v) is 2.75. The molecule has 2 heterocycles. The lowest BCUT2D eigenvalue weighted by Gasteiger charge is -2.19. The number of aryl methyl sites for hydroxylation is 1. The van der Waals surface area contributed by atoms with Gasteiger partial charge in [0.2, 0.25) is 5.78 Å². The van der Waals surface area contributed by atoms with E-state index in [1.54, 1.807) is 25.4 Å². The summed E-state index contributed by atoms with van der Waals surface area (Å²) in [5.74, 6) is -0.157. The molecule has 0 spiro atoms. The Bertz CT molecular complexity index is 933. The molecular weight excluding hydrogens is 333 g/mol. The normalized spacial score (nSPS) is 13.0. The summed E-state index contributed by atoms with van der Waals surface area (Å²) < 4.78 is 41.0. The van der Waals surface area contributed by atoms with E-state index in [9.17, 15) is 18.0 Å². The summed E-state index contributed by atoms with van der Waals surface area (Å²) in [4.78, 5) is 20.8.